The molecule has 1 aromatic rings. The Morgan fingerprint density at radius 2 is 2.05 bits per heavy atom. The fourth-order valence-corrected chi connectivity index (χ4v) is 2.24. The Morgan fingerprint density at radius 3 is 2.67 bits per heavy atom. The minimum absolute atomic E-state index is 0.0431. The van der Waals surface area contributed by atoms with Crippen LogP contribution in [0.3, 0.4) is 0 Å². The molecule has 2 amide bonds. The number of rotatable bonds is 6. The van der Waals surface area contributed by atoms with Gasteiger partial charge in [-0.1, -0.05) is 18.2 Å². The van der Waals surface area contributed by atoms with E-state index in [1.807, 2.05) is 37.4 Å². The fraction of sp³-hybridized carbons (Fsp3) is 0.333. The number of hydrogen-bond acceptors (Lipinski definition) is 4. The second-order valence-corrected chi connectivity index (χ2v) is 4.90. The molecule has 0 spiro atoms. The van der Waals surface area contributed by atoms with Gasteiger partial charge in [-0.3, -0.25) is 14.8 Å². The molecule has 0 radical (unpaired) electrons. The molecule has 1 aliphatic heterocycles. The van der Waals surface area contributed by atoms with Crippen molar-refractivity contribution in [3.05, 3.63) is 41.5 Å². The van der Waals surface area contributed by atoms with Gasteiger partial charge < -0.3 is 10.2 Å². The van der Waals surface area contributed by atoms with E-state index in [1.54, 1.807) is 10.4 Å². The zero-order valence-corrected chi connectivity index (χ0v) is 11.9. The van der Waals surface area contributed by atoms with Gasteiger partial charge in [0.1, 0.15) is 0 Å². The molecule has 0 fully saturated rings. The summed E-state index contributed by atoms with van der Waals surface area (Å²) in [4.78, 5) is 24.9. The maximum absolute atomic E-state index is 12.2. The molecule has 0 unspecified atom stereocenters. The quantitative estimate of drug-likeness (QED) is 0.544. The Morgan fingerprint density at radius 1 is 1.33 bits per heavy atom. The third-order valence-corrected chi connectivity index (χ3v) is 3.48. The van der Waals surface area contributed by atoms with Crippen LogP contribution in [-0.2, 0) is 16.1 Å². The van der Waals surface area contributed by atoms with E-state index in [1.165, 1.54) is 0 Å². The first kappa shape index (κ1) is 15.1. The van der Waals surface area contributed by atoms with E-state index in [0.29, 0.717) is 25.1 Å². The summed E-state index contributed by atoms with van der Waals surface area (Å²) in [7, 11) is 1.86. The monoisotopic (exact) mass is 289 g/mol. The van der Waals surface area contributed by atoms with E-state index < -0.39 is 5.91 Å². The molecule has 6 heteroatoms. The summed E-state index contributed by atoms with van der Waals surface area (Å²) in [5.74, 6) is -0.525. The van der Waals surface area contributed by atoms with Gasteiger partial charge in [0.25, 0.3) is 0 Å². The lowest BCUT2D eigenvalue weighted by Crippen LogP contribution is -2.27. The minimum Gasteiger partial charge on any atom is -0.388 e. The van der Waals surface area contributed by atoms with Crippen molar-refractivity contribution in [2.24, 2.45) is 0 Å². The number of amides is 2. The highest BCUT2D eigenvalue weighted by Gasteiger charge is 2.23. The summed E-state index contributed by atoms with van der Waals surface area (Å²) in [5, 5.41) is 11.5. The maximum atomic E-state index is 12.2. The molecule has 1 aliphatic rings. The zero-order chi connectivity index (χ0) is 15.2. The Balaban J connectivity index is 1.89. The second kappa shape index (κ2) is 6.90. The lowest BCUT2D eigenvalue weighted by molar-refractivity contribution is -0.129. The summed E-state index contributed by atoms with van der Waals surface area (Å²) in [6.45, 7) is 1.11. The number of nitrogens with one attached hydrogen (secondary N) is 2. The maximum Gasteiger partial charge on any atom is 0.250 e. The van der Waals surface area contributed by atoms with Gasteiger partial charge in [0, 0.05) is 37.8 Å². The molecule has 0 atom stereocenters. The second-order valence-electron chi connectivity index (χ2n) is 4.90. The molecule has 0 saturated carbocycles. The molecule has 0 aliphatic carbocycles. The molecule has 6 nitrogen and oxygen atoms in total. The van der Waals surface area contributed by atoms with Crippen LogP contribution in [0.1, 0.15) is 18.4 Å². The predicted molar refractivity (Wildman–Crippen MR) is 78.7 cm³/mol. The van der Waals surface area contributed by atoms with E-state index in [4.69, 9.17) is 5.21 Å². The van der Waals surface area contributed by atoms with Gasteiger partial charge in [0.15, 0.2) is 0 Å². The highest BCUT2D eigenvalue weighted by molar-refractivity contribution is 5.96. The first-order valence-corrected chi connectivity index (χ1v) is 6.82. The van der Waals surface area contributed by atoms with Crippen LogP contribution in [0.15, 0.2) is 35.9 Å². The number of nitrogens with zero attached hydrogens (tertiary/aromatic N) is 1. The Kier molecular flexibility index (Phi) is 4.94. The number of carbonyl (C=O) groups is 2. The molecule has 112 valence electrons. The van der Waals surface area contributed by atoms with E-state index in [-0.39, 0.29) is 12.3 Å². The van der Waals surface area contributed by atoms with Gasteiger partial charge in [-0.05, 0) is 24.1 Å². The van der Waals surface area contributed by atoms with Crippen LogP contribution >= 0.6 is 0 Å². The van der Waals surface area contributed by atoms with E-state index in [0.717, 1.165) is 11.3 Å². The van der Waals surface area contributed by atoms with Crippen molar-refractivity contribution in [1.82, 2.24) is 10.4 Å². The molecule has 3 N–H and O–H groups in total. The molecule has 1 heterocycles. The molecule has 0 saturated heterocycles. The largest absolute Gasteiger partial charge is 0.388 e. The molecule has 0 bridgehead atoms. The van der Waals surface area contributed by atoms with Gasteiger partial charge in [-0.15, -0.1) is 0 Å². The van der Waals surface area contributed by atoms with Gasteiger partial charge in [0.05, 0.1) is 0 Å². The van der Waals surface area contributed by atoms with Crippen molar-refractivity contribution in [2.75, 3.05) is 18.9 Å². The van der Waals surface area contributed by atoms with Crippen LogP contribution in [-0.4, -0.2) is 35.5 Å². The first-order chi connectivity index (χ1) is 10.1. The van der Waals surface area contributed by atoms with Crippen LogP contribution < -0.4 is 10.8 Å². The zero-order valence-electron chi connectivity index (χ0n) is 11.9. The number of hydroxylamine groups is 1. The number of anilines is 1. The smallest absolute Gasteiger partial charge is 0.250 e. The number of hydrogen-bond donors (Lipinski definition) is 3. The van der Waals surface area contributed by atoms with Crippen molar-refractivity contribution in [2.45, 2.75) is 19.4 Å². The predicted octanol–water partition coefficient (Wildman–Crippen LogP) is 1.28. The topological polar surface area (TPSA) is 81.7 Å². The standard InChI is InChI=1S/C15H19N3O3/c1-16-13-5-2-11(3-6-13)10-18-9-8-12(15(18)20)4-7-14(19)17-21/h2-3,5-6,8,16,21H,4,7,9-10H2,1H3,(H,17,19). The van der Waals surface area contributed by atoms with Crippen molar-refractivity contribution in [3.8, 4) is 0 Å². The summed E-state index contributed by atoms with van der Waals surface area (Å²) in [6.07, 6.45) is 2.30. The Bertz CT molecular complexity index is 552. The molecule has 2 rings (SSSR count). The minimum atomic E-state index is -0.482. The summed E-state index contributed by atoms with van der Waals surface area (Å²) in [6, 6.07) is 7.90. The SMILES string of the molecule is CNc1ccc(CN2CC=C(CCC(=O)NO)C2=O)cc1. The van der Waals surface area contributed by atoms with E-state index in [9.17, 15) is 9.59 Å². The third-order valence-electron chi connectivity index (χ3n) is 3.48. The molecule has 1 aromatic carbocycles. The van der Waals surface area contributed by atoms with E-state index in [2.05, 4.69) is 5.32 Å². The van der Waals surface area contributed by atoms with Crippen LogP contribution in [0, 0.1) is 0 Å². The Labute approximate surface area is 123 Å². The highest BCUT2D eigenvalue weighted by Crippen LogP contribution is 2.19. The van der Waals surface area contributed by atoms with Crippen molar-refractivity contribution >= 4 is 17.5 Å². The van der Waals surface area contributed by atoms with Gasteiger partial charge in [-0.2, -0.15) is 0 Å². The van der Waals surface area contributed by atoms with Crippen LogP contribution in [0.25, 0.3) is 0 Å². The molecule has 0 aromatic heterocycles. The average molecular weight is 289 g/mol. The molecular formula is C15H19N3O3. The summed E-state index contributed by atoms with van der Waals surface area (Å²) < 4.78 is 0. The van der Waals surface area contributed by atoms with Gasteiger partial charge in [0.2, 0.25) is 11.8 Å². The third kappa shape index (κ3) is 3.82. The van der Waals surface area contributed by atoms with Gasteiger partial charge in [-0.25, -0.2) is 5.48 Å². The highest BCUT2D eigenvalue weighted by atomic mass is 16.5. The van der Waals surface area contributed by atoms with E-state index >= 15 is 0 Å². The van der Waals surface area contributed by atoms with Crippen molar-refractivity contribution < 1.29 is 14.8 Å². The molecular weight excluding hydrogens is 270 g/mol. The van der Waals surface area contributed by atoms with Crippen molar-refractivity contribution in [3.63, 3.8) is 0 Å². The first-order valence-electron chi connectivity index (χ1n) is 6.82. The lowest BCUT2D eigenvalue weighted by atomic mass is 10.1. The Hall–Kier alpha value is -2.34. The number of carbonyl (C=O) groups excluding carboxylic acids is 2. The average Bonchev–Trinajstić information content (AvgIpc) is 2.86. The summed E-state index contributed by atoms with van der Waals surface area (Å²) in [5.41, 5.74) is 4.29. The van der Waals surface area contributed by atoms with Crippen LogP contribution in [0.4, 0.5) is 5.69 Å². The van der Waals surface area contributed by atoms with Crippen LogP contribution in [0.5, 0.6) is 0 Å². The van der Waals surface area contributed by atoms with Crippen molar-refractivity contribution in [1.29, 1.82) is 0 Å². The normalized spacial score (nSPS) is 14.1. The summed E-state index contributed by atoms with van der Waals surface area (Å²) >= 11 is 0. The lowest BCUT2D eigenvalue weighted by Gasteiger charge is -2.17. The fourth-order valence-electron chi connectivity index (χ4n) is 2.24. The van der Waals surface area contributed by atoms with Gasteiger partial charge >= 0.3 is 0 Å². The molecule has 21 heavy (non-hydrogen) atoms. The number of benzene rings is 1. The van der Waals surface area contributed by atoms with Crippen LogP contribution in [0.2, 0.25) is 0 Å².